The number of hydrogen-bond acceptors (Lipinski definition) is 3. The summed E-state index contributed by atoms with van der Waals surface area (Å²) in [4.78, 5) is 5.93. The van der Waals surface area contributed by atoms with Crippen LogP contribution in [-0.2, 0) is 4.74 Å². The Morgan fingerprint density at radius 2 is 1.43 bits per heavy atom. The van der Waals surface area contributed by atoms with Crippen molar-refractivity contribution in [3.05, 3.63) is 54.6 Å². The van der Waals surface area contributed by atoms with E-state index >= 15 is 0 Å². The van der Waals surface area contributed by atoms with Crippen LogP contribution in [0.5, 0.6) is 5.75 Å². The molecule has 1 aliphatic heterocycles. The first-order chi connectivity index (χ1) is 10.4. The molecular weight excluding hydrogens is 262 g/mol. The molecule has 0 spiro atoms. The zero-order valence-corrected chi connectivity index (χ0v) is 11.8. The quantitative estimate of drug-likeness (QED) is 0.669. The molecule has 1 saturated heterocycles. The summed E-state index contributed by atoms with van der Waals surface area (Å²) in [6.45, 7) is 3.10. The number of ether oxygens (including phenoxy) is 1. The number of benzene rings is 3. The van der Waals surface area contributed by atoms with Crippen LogP contribution in [0.4, 0.5) is 0 Å². The summed E-state index contributed by atoms with van der Waals surface area (Å²) in [6.07, 6.45) is 0. The van der Waals surface area contributed by atoms with Gasteiger partial charge in [-0.3, -0.25) is 0 Å². The smallest absolute Gasteiger partial charge is 0.148 e. The van der Waals surface area contributed by atoms with Gasteiger partial charge in [-0.2, -0.15) is 0 Å². The van der Waals surface area contributed by atoms with E-state index in [-0.39, 0.29) is 0 Å². The van der Waals surface area contributed by atoms with Crippen molar-refractivity contribution < 1.29 is 9.57 Å². The molecule has 0 unspecified atom stereocenters. The summed E-state index contributed by atoms with van der Waals surface area (Å²) >= 11 is 0. The molecule has 3 aromatic rings. The summed E-state index contributed by atoms with van der Waals surface area (Å²) < 4.78 is 5.33. The van der Waals surface area contributed by atoms with Gasteiger partial charge >= 0.3 is 0 Å². The second kappa shape index (κ2) is 5.35. The lowest BCUT2D eigenvalue weighted by molar-refractivity contribution is -0.118. The average Bonchev–Trinajstić information content (AvgIpc) is 2.54. The number of fused-ring (bicyclic) bond motifs is 2. The number of nitrogens with zero attached hydrogens (tertiary/aromatic N) is 1. The maximum atomic E-state index is 5.93. The molecule has 0 atom stereocenters. The largest absolute Gasteiger partial charge is 0.406 e. The topological polar surface area (TPSA) is 21.7 Å². The highest BCUT2D eigenvalue weighted by molar-refractivity contribution is 5.98. The number of hydroxylamine groups is 2. The normalized spacial score (nSPS) is 16.4. The monoisotopic (exact) mass is 279 g/mol. The third-order valence-electron chi connectivity index (χ3n) is 3.88. The summed E-state index contributed by atoms with van der Waals surface area (Å²) in [5.74, 6) is 0.889. The van der Waals surface area contributed by atoms with Gasteiger partial charge in [-0.15, -0.1) is 5.06 Å². The molecule has 0 radical (unpaired) electrons. The predicted molar refractivity (Wildman–Crippen MR) is 84.5 cm³/mol. The Bertz CT molecular complexity index is 778. The minimum Gasteiger partial charge on any atom is -0.406 e. The van der Waals surface area contributed by atoms with Gasteiger partial charge in [0.05, 0.1) is 26.3 Å². The molecule has 1 aliphatic rings. The van der Waals surface area contributed by atoms with E-state index in [0.29, 0.717) is 0 Å². The van der Waals surface area contributed by atoms with Crippen LogP contribution in [0.3, 0.4) is 0 Å². The molecule has 0 bridgehead atoms. The molecule has 0 saturated carbocycles. The van der Waals surface area contributed by atoms with Crippen LogP contribution in [-0.4, -0.2) is 31.4 Å². The fourth-order valence-electron chi connectivity index (χ4n) is 2.76. The van der Waals surface area contributed by atoms with Gasteiger partial charge < -0.3 is 9.57 Å². The standard InChI is InChI=1S/C18H17NO2/c1-2-4-15-12-17-13-18(21-19-7-9-20-10-8-19)6-5-16(17)11-14(15)3-1/h1-6,11-13H,7-10H2. The van der Waals surface area contributed by atoms with Crippen LogP contribution in [0, 0.1) is 0 Å². The van der Waals surface area contributed by atoms with E-state index in [9.17, 15) is 0 Å². The lowest BCUT2D eigenvalue weighted by Gasteiger charge is -2.26. The van der Waals surface area contributed by atoms with Gasteiger partial charge in [-0.05, 0) is 45.8 Å². The van der Waals surface area contributed by atoms with Gasteiger partial charge in [0, 0.05) is 0 Å². The van der Waals surface area contributed by atoms with E-state index < -0.39 is 0 Å². The van der Waals surface area contributed by atoms with Gasteiger partial charge in [-0.1, -0.05) is 30.3 Å². The Balaban J connectivity index is 1.69. The Morgan fingerprint density at radius 3 is 2.19 bits per heavy atom. The van der Waals surface area contributed by atoms with Crippen molar-refractivity contribution in [2.75, 3.05) is 26.3 Å². The third-order valence-corrected chi connectivity index (χ3v) is 3.88. The van der Waals surface area contributed by atoms with E-state index in [1.54, 1.807) is 0 Å². The summed E-state index contributed by atoms with van der Waals surface area (Å²) in [6, 6.07) is 19.1. The average molecular weight is 279 g/mol. The van der Waals surface area contributed by atoms with Gasteiger partial charge in [-0.25, -0.2) is 0 Å². The van der Waals surface area contributed by atoms with Crippen molar-refractivity contribution in [3.8, 4) is 5.75 Å². The first-order valence-electron chi connectivity index (χ1n) is 7.32. The molecule has 3 nitrogen and oxygen atoms in total. The van der Waals surface area contributed by atoms with E-state index in [1.807, 2.05) is 11.1 Å². The Kier molecular flexibility index (Phi) is 3.22. The van der Waals surface area contributed by atoms with Crippen molar-refractivity contribution in [3.63, 3.8) is 0 Å². The zero-order valence-electron chi connectivity index (χ0n) is 11.8. The maximum absolute atomic E-state index is 5.93. The van der Waals surface area contributed by atoms with Gasteiger partial charge in [0.2, 0.25) is 0 Å². The molecule has 3 heteroatoms. The molecule has 1 heterocycles. The molecule has 106 valence electrons. The van der Waals surface area contributed by atoms with Crippen LogP contribution in [0.1, 0.15) is 0 Å². The molecule has 1 fully saturated rings. The molecular formula is C18H17NO2. The molecule has 0 N–H and O–H groups in total. The van der Waals surface area contributed by atoms with Crippen molar-refractivity contribution in [1.82, 2.24) is 5.06 Å². The summed E-state index contributed by atoms with van der Waals surface area (Å²) in [7, 11) is 0. The van der Waals surface area contributed by atoms with Crippen molar-refractivity contribution in [1.29, 1.82) is 0 Å². The summed E-state index contributed by atoms with van der Waals surface area (Å²) in [5.41, 5.74) is 0. The Labute approximate surface area is 123 Å². The molecule has 3 aromatic carbocycles. The number of morpholine rings is 1. The first kappa shape index (κ1) is 12.6. The van der Waals surface area contributed by atoms with Crippen molar-refractivity contribution >= 4 is 21.5 Å². The van der Waals surface area contributed by atoms with Gasteiger partial charge in [0.15, 0.2) is 0 Å². The zero-order chi connectivity index (χ0) is 14.1. The van der Waals surface area contributed by atoms with E-state index in [2.05, 4.69) is 48.5 Å². The van der Waals surface area contributed by atoms with Crippen LogP contribution in [0.2, 0.25) is 0 Å². The van der Waals surface area contributed by atoms with Crippen LogP contribution in [0.25, 0.3) is 21.5 Å². The van der Waals surface area contributed by atoms with Crippen LogP contribution in [0.15, 0.2) is 54.6 Å². The Hall–Kier alpha value is -2.10. The molecule has 0 amide bonds. The van der Waals surface area contributed by atoms with Crippen molar-refractivity contribution in [2.24, 2.45) is 0 Å². The lowest BCUT2D eigenvalue weighted by Crippen LogP contribution is -2.38. The lowest BCUT2D eigenvalue weighted by atomic mass is 10.0. The predicted octanol–water partition coefficient (Wildman–Crippen LogP) is 3.62. The maximum Gasteiger partial charge on any atom is 0.148 e. The SMILES string of the molecule is c1ccc2cc3cc(ON4CCOCC4)ccc3cc2c1. The molecule has 0 aliphatic carbocycles. The highest BCUT2D eigenvalue weighted by Crippen LogP contribution is 2.26. The van der Waals surface area contributed by atoms with Crippen molar-refractivity contribution in [2.45, 2.75) is 0 Å². The highest BCUT2D eigenvalue weighted by atomic mass is 16.7. The van der Waals surface area contributed by atoms with Crippen LogP contribution < -0.4 is 4.84 Å². The third kappa shape index (κ3) is 2.58. The highest BCUT2D eigenvalue weighted by Gasteiger charge is 2.12. The second-order valence-electron chi connectivity index (χ2n) is 5.34. The number of rotatable bonds is 2. The fourth-order valence-corrected chi connectivity index (χ4v) is 2.76. The van der Waals surface area contributed by atoms with E-state index in [1.165, 1.54) is 21.5 Å². The molecule has 4 rings (SSSR count). The first-order valence-corrected chi connectivity index (χ1v) is 7.32. The minimum atomic E-state index is 0.734. The molecule has 0 aromatic heterocycles. The van der Waals surface area contributed by atoms with E-state index in [4.69, 9.17) is 9.57 Å². The minimum absolute atomic E-state index is 0.734. The number of hydrogen-bond donors (Lipinski definition) is 0. The summed E-state index contributed by atoms with van der Waals surface area (Å²) in [5, 5.41) is 6.94. The fraction of sp³-hybridized carbons (Fsp3) is 0.222. The van der Waals surface area contributed by atoms with Gasteiger partial charge in [0.1, 0.15) is 5.75 Å². The van der Waals surface area contributed by atoms with E-state index in [0.717, 1.165) is 32.1 Å². The van der Waals surface area contributed by atoms with Crippen LogP contribution >= 0.6 is 0 Å². The van der Waals surface area contributed by atoms with Gasteiger partial charge in [0.25, 0.3) is 0 Å². The Morgan fingerprint density at radius 1 is 0.762 bits per heavy atom. The second-order valence-corrected chi connectivity index (χ2v) is 5.34. The molecule has 21 heavy (non-hydrogen) atoms.